The molecule has 1 saturated heterocycles. The predicted octanol–water partition coefficient (Wildman–Crippen LogP) is 2.70. The molecule has 3 heterocycles. The van der Waals surface area contributed by atoms with Crippen molar-refractivity contribution in [1.82, 2.24) is 24.5 Å². The highest BCUT2D eigenvalue weighted by Crippen LogP contribution is 2.37. The second kappa shape index (κ2) is 5.70. The molecule has 0 aliphatic carbocycles. The maximum Gasteiger partial charge on any atom is 0.417 e. The van der Waals surface area contributed by atoms with Crippen LogP contribution in [0.2, 0.25) is 5.02 Å². The van der Waals surface area contributed by atoms with Crippen molar-refractivity contribution in [1.29, 1.82) is 0 Å². The zero-order valence-electron chi connectivity index (χ0n) is 13.3. The fourth-order valence-electron chi connectivity index (χ4n) is 3.01. The van der Waals surface area contributed by atoms with Crippen LogP contribution in [0, 0.1) is 0 Å². The van der Waals surface area contributed by atoms with Crippen LogP contribution in [0.15, 0.2) is 18.5 Å². The molecular formula is C15H14ClF3N6. The van der Waals surface area contributed by atoms with Crippen LogP contribution in [0.3, 0.4) is 0 Å². The van der Waals surface area contributed by atoms with Gasteiger partial charge in [0.25, 0.3) is 0 Å². The number of fused-ring (bicyclic) bond motifs is 3. The summed E-state index contributed by atoms with van der Waals surface area (Å²) in [6.45, 7) is 3.25. The number of rotatable bonds is 1. The standard InChI is InChI=1S/C15H14ClF3N6/c1-23-2-4-24(5-3-23)13-14-22-20-8-25(14)12-6-9(15(17,18)19)10(16)7-11(12)21-13/h6-8H,2-5H2,1H3. The molecule has 132 valence electrons. The minimum atomic E-state index is -4.54. The largest absolute Gasteiger partial charge is 0.417 e. The van der Waals surface area contributed by atoms with Gasteiger partial charge < -0.3 is 9.80 Å². The number of hydrogen-bond acceptors (Lipinski definition) is 5. The summed E-state index contributed by atoms with van der Waals surface area (Å²) >= 11 is 5.85. The van der Waals surface area contributed by atoms with Crippen LogP contribution >= 0.6 is 11.6 Å². The summed E-state index contributed by atoms with van der Waals surface area (Å²) in [6.07, 6.45) is -3.14. The number of nitrogens with zero attached hydrogens (tertiary/aromatic N) is 6. The van der Waals surface area contributed by atoms with Crippen LogP contribution in [-0.4, -0.2) is 57.7 Å². The Hall–Kier alpha value is -2.13. The number of aromatic nitrogens is 4. The van der Waals surface area contributed by atoms with Gasteiger partial charge in [-0.3, -0.25) is 4.40 Å². The van der Waals surface area contributed by atoms with Gasteiger partial charge in [0.05, 0.1) is 21.6 Å². The molecule has 0 radical (unpaired) electrons. The van der Waals surface area contributed by atoms with Crippen molar-refractivity contribution in [3.8, 4) is 0 Å². The summed E-state index contributed by atoms with van der Waals surface area (Å²) in [6, 6.07) is 2.24. The molecule has 1 aromatic carbocycles. The van der Waals surface area contributed by atoms with E-state index in [2.05, 4.69) is 25.0 Å². The zero-order valence-corrected chi connectivity index (χ0v) is 14.0. The Bertz CT molecular complexity index is 946. The summed E-state index contributed by atoms with van der Waals surface area (Å²) in [5, 5.41) is 7.54. The van der Waals surface area contributed by atoms with E-state index < -0.39 is 11.7 Å². The van der Waals surface area contributed by atoms with Crippen LogP contribution in [0.5, 0.6) is 0 Å². The molecule has 1 fully saturated rings. The number of halogens is 4. The molecule has 2 aromatic heterocycles. The first-order valence-electron chi connectivity index (χ1n) is 7.68. The van der Waals surface area contributed by atoms with Crippen molar-refractivity contribution in [2.45, 2.75) is 6.18 Å². The maximum atomic E-state index is 13.2. The fraction of sp³-hybridized carbons (Fsp3) is 0.400. The normalized spacial score (nSPS) is 16.9. The molecule has 0 atom stereocenters. The number of anilines is 1. The van der Waals surface area contributed by atoms with Gasteiger partial charge in [0.1, 0.15) is 6.33 Å². The highest BCUT2D eigenvalue weighted by Gasteiger charge is 2.34. The third-order valence-electron chi connectivity index (χ3n) is 4.41. The monoisotopic (exact) mass is 370 g/mol. The minimum absolute atomic E-state index is 0.273. The quantitative estimate of drug-likeness (QED) is 0.659. The second-order valence-corrected chi connectivity index (χ2v) is 6.48. The van der Waals surface area contributed by atoms with E-state index >= 15 is 0 Å². The van der Waals surface area contributed by atoms with Gasteiger partial charge in [0.15, 0.2) is 5.82 Å². The Morgan fingerprint density at radius 2 is 1.84 bits per heavy atom. The fourth-order valence-corrected chi connectivity index (χ4v) is 3.27. The zero-order chi connectivity index (χ0) is 17.8. The summed E-state index contributed by atoms with van der Waals surface area (Å²) in [4.78, 5) is 8.80. The lowest BCUT2D eigenvalue weighted by atomic mass is 10.1. The smallest absolute Gasteiger partial charge is 0.351 e. The van der Waals surface area contributed by atoms with E-state index in [1.54, 1.807) is 0 Å². The summed E-state index contributed by atoms with van der Waals surface area (Å²) in [7, 11) is 2.04. The van der Waals surface area contributed by atoms with Crippen molar-refractivity contribution in [3.05, 3.63) is 29.0 Å². The molecule has 0 spiro atoms. The van der Waals surface area contributed by atoms with E-state index in [9.17, 15) is 13.2 Å². The third-order valence-corrected chi connectivity index (χ3v) is 4.72. The van der Waals surface area contributed by atoms with Crippen molar-refractivity contribution in [2.75, 3.05) is 38.1 Å². The first-order valence-corrected chi connectivity index (χ1v) is 8.06. The molecule has 0 amide bonds. The number of hydrogen-bond donors (Lipinski definition) is 0. The van der Waals surface area contributed by atoms with Gasteiger partial charge >= 0.3 is 6.18 Å². The van der Waals surface area contributed by atoms with Crippen LogP contribution < -0.4 is 4.90 Å². The van der Waals surface area contributed by atoms with Crippen LogP contribution in [0.4, 0.5) is 19.0 Å². The number of piperazine rings is 1. The number of benzene rings is 1. The lowest BCUT2D eigenvalue weighted by molar-refractivity contribution is -0.137. The van der Waals surface area contributed by atoms with Gasteiger partial charge in [-0.05, 0) is 19.2 Å². The molecule has 0 N–H and O–H groups in total. The van der Waals surface area contributed by atoms with Gasteiger partial charge in [-0.25, -0.2) is 4.98 Å². The average molecular weight is 371 g/mol. The van der Waals surface area contributed by atoms with Gasteiger partial charge in [-0.2, -0.15) is 13.2 Å². The maximum absolute atomic E-state index is 13.2. The predicted molar refractivity (Wildman–Crippen MR) is 88.0 cm³/mol. The Balaban J connectivity index is 1.93. The topological polar surface area (TPSA) is 49.6 Å². The Morgan fingerprint density at radius 3 is 2.52 bits per heavy atom. The molecule has 3 aromatic rings. The first kappa shape index (κ1) is 16.3. The van der Waals surface area contributed by atoms with E-state index in [0.29, 0.717) is 17.0 Å². The minimum Gasteiger partial charge on any atom is -0.351 e. The Labute approximate surface area is 145 Å². The van der Waals surface area contributed by atoms with Crippen molar-refractivity contribution < 1.29 is 13.2 Å². The van der Waals surface area contributed by atoms with Gasteiger partial charge in [0, 0.05) is 26.2 Å². The molecule has 1 aliphatic rings. The van der Waals surface area contributed by atoms with Crippen molar-refractivity contribution in [3.63, 3.8) is 0 Å². The molecule has 0 unspecified atom stereocenters. The molecule has 6 nitrogen and oxygen atoms in total. The van der Waals surface area contributed by atoms with E-state index in [0.717, 1.165) is 32.2 Å². The summed E-state index contributed by atoms with van der Waals surface area (Å²) in [5.41, 5.74) is 0.187. The molecule has 10 heteroatoms. The highest BCUT2D eigenvalue weighted by atomic mass is 35.5. The molecule has 0 bridgehead atoms. The average Bonchev–Trinajstić information content (AvgIpc) is 3.03. The van der Waals surface area contributed by atoms with Crippen LogP contribution in [0.25, 0.3) is 16.7 Å². The van der Waals surface area contributed by atoms with E-state index in [4.69, 9.17) is 11.6 Å². The van der Waals surface area contributed by atoms with E-state index in [-0.39, 0.29) is 10.5 Å². The highest BCUT2D eigenvalue weighted by molar-refractivity contribution is 6.32. The number of likely N-dealkylation sites (N-methyl/N-ethyl adjacent to an activating group) is 1. The molecule has 4 rings (SSSR count). The molecule has 1 aliphatic heterocycles. The van der Waals surface area contributed by atoms with Crippen LogP contribution in [0.1, 0.15) is 5.56 Å². The van der Waals surface area contributed by atoms with Gasteiger partial charge in [-0.1, -0.05) is 11.6 Å². The van der Waals surface area contributed by atoms with Gasteiger partial charge in [0.2, 0.25) is 5.65 Å². The van der Waals surface area contributed by atoms with Crippen molar-refractivity contribution in [2.24, 2.45) is 0 Å². The van der Waals surface area contributed by atoms with E-state index in [1.807, 2.05) is 7.05 Å². The Morgan fingerprint density at radius 1 is 1.12 bits per heavy atom. The summed E-state index contributed by atoms with van der Waals surface area (Å²) < 4.78 is 41.0. The molecule has 0 saturated carbocycles. The van der Waals surface area contributed by atoms with Gasteiger partial charge in [-0.15, -0.1) is 10.2 Å². The second-order valence-electron chi connectivity index (χ2n) is 6.07. The lowest BCUT2D eigenvalue weighted by Gasteiger charge is -2.33. The lowest BCUT2D eigenvalue weighted by Crippen LogP contribution is -2.45. The van der Waals surface area contributed by atoms with Crippen molar-refractivity contribution >= 4 is 34.1 Å². The third kappa shape index (κ3) is 2.77. The molecular weight excluding hydrogens is 357 g/mol. The number of alkyl halides is 3. The van der Waals surface area contributed by atoms with Crippen LogP contribution in [-0.2, 0) is 6.18 Å². The molecule has 25 heavy (non-hydrogen) atoms. The summed E-state index contributed by atoms with van der Waals surface area (Å²) in [5.74, 6) is 0.605. The van der Waals surface area contributed by atoms with E-state index in [1.165, 1.54) is 16.8 Å². The Kier molecular flexibility index (Phi) is 3.73. The SMILES string of the molecule is CN1CCN(c2nc3cc(Cl)c(C(F)(F)F)cc3n3cnnc23)CC1. The first-order chi connectivity index (χ1) is 11.8.